The van der Waals surface area contributed by atoms with Crippen molar-refractivity contribution in [3.63, 3.8) is 0 Å². The van der Waals surface area contributed by atoms with Crippen LogP contribution >= 0.6 is 23.2 Å². The topological polar surface area (TPSA) is 81.7 Å². The van der Waals surface area contributed by atoms with Crippen LogP contribution in [-0.4, -0.2) is 36.4 Å². The molecule has 0 saturated heterocycles. The fraction of sp³-hybridized carbons (Fsp3) is 0.357. The first kappa shape index (κ1) is 16.6. The van der Waals surface area contributed by atoms with Crippen molar-refractivity contribution < 1.29 is 23.9 Å². The number of benzene rings is 1. The third kappa shape index (κ3) is 3.51. The number of anilines is 1. The Morgan fingerprint density at radius 3 is 1.91 bits per heavy atom. The Morgan fingerprint density at radius 1 is 1.09 bits per heavy atom. The van der Waals surface area contributed by atoms with Crippen molar-refractivity contribution in [2.75, 3.05) is 19.5 Å². The highest BCUT2D eigenvalue weighted by Gasteiger charge is 2.56. The van der Waals surface area contributed by atoms with Gasteiger partial charge in [-0.05, 0) is 24.6 Å². The predicted molar refractivity (Wildman–Crippen MR) is 80.3 cm³/mol. The molecule has 1 saturated carbocycles. The second kappa shape index (κ2) is 6.14. The van der Waals surface area contributed by atoms with Gasteiger partial charge in [0.25, 0.3) is 0 Å². The molecule has 1 amide bonds. The summed E-state index contributed by atoms with van der Waals surface area (Å²) in [7, 11) is 2.43. The second-order valence-corrected chi connectivity index (χ2v) is 6.33. The monoisotopic (exact) mass is 345 g/mol. The van der Waals surface area contributed by atoms with Gasteiger partial charge in [0.2, 0.25) is 5.91 Å². The standard InChI is InChI=1S/C14H13Cl2NO5/c1-21-12(19)7-3-8(13(20)22-2)5-9(4-7)17-11(18)10-6-14(10,15)16/h3-5,10H,6H2,1-2H3,(H,17,18)/t10-/m1/s1. The molecule has 1 atom stereocenters. The number of rotatable bonds is 4. The molecular weight excluding hydrogens is 333 g/mol. The third-order valence-electron chi connectivity index (χ3n) is 3.19. The van der Waals surface area contributed by atoms with Crippen LogP contribution in [0.2, 0.25) is 0 Å². The van der Waals surface area contributed by atoms with E-state index >= 15 is 0 Å². The molecule has 2 rings (SSSR count). The smallest absolute Gasteiger partial charge is 0.337 e. The first-order chi connectivity index (χ1) is 10.3. The Hall–Kier alpha value is -1.79. The zero-order valence-corrected chi connectivity index (χ0v) is 13.3. The van der Waals surface area contributed by atoms with E-state index in [1.165, 1.54) is 32.4 Å². The minimum Gasteiger partial charge on any atom is -0.465 e. The van der Waals surface area contributed by atoms with Crippen LogP contribution < -0.4 is 5.32 Å². The highest BCUT2D eigenvalue weighted by atomic mass is 35.5. The zero-order chi connectivity index (χ0) is 16.5. The maximum Gasteiger partial charge on any atom is 0.337 e. The number of carbonyl (C=O) groups excluding carboxylic acids is 3. The Bertz CT molecular complexity index is 610. The molecule has 8 heteroatoms. The SMILES string of the molecule is COC(=O)c1cc(NC(=O)[C@H]2CC2(Cl)Cl)cc(C(=O)OC)c1. The van der Waals surface area contributed by atoms with Crippen LogP contribution in [-0.2, 0) is 14.3 Å². The maximum atomic E-state index is 12.0. The largest absolute Gasteiger partial charge is 0.465 e. The summed E-state index contributed by atoms with van der Waals surface area (Å²) in [6.45, 7) is 0. The molecule has 0 aliphatic heterocycles. The van der Waals surface area contributed by atoms with E-state index in [1.54, 1.807) is 0 Å². The van der Waals surface area contributed by atoms with E-state index < -0.39 is 22.2 Å². The van der Waals surface area contributed by atoms with Gasteiger partial charge in [0.15, 0.2) is 0 Å². The summed E-state index contributed by atoms with van der Waals surface area (Å²) >= 11 is 11.7. The first-order valence-electron chi connectivity index (χ1n) is 6.29. The highest BCUT2D eigenvalue weighted by molar-refractivity contribution is 6.52. The van der Waals surface area contributed by atoms with Crippen LogP contribution in [0.5, 0.6) is 0 Å². The van der Waals surface area contributed by atoms with Gasteiger partial charge in [-0.3, -0.25) is 4.79 Å². The van der Waals surface area contributed by atoms with E-state index in [2.05, 4.69) is 14.8 Å². The number of alkyl halides is 2. The van der Waals surface area contributed by atoms with Crippen LogP contribution in [0, 0.1) is 5.92 Å². The molecule has 1 aliphatic rings. The number of amides is 1. The van der Waals surface area contributed by atoms with Crippen molar-refractivity contribution in [1.82, 2.24) is 0 Å². The Kier molecular flexibility index (Phi) is 4.63. The van der Waals surface area contributed by atoms with Gasteiger partial charge < -0.3 is 14.8 Å². The molecule has 1 N–H and O–H groups in total. The minimum absolute atomic E-state index is 0.111. The van der Waals surface area contributed by atoms with Crippen molar-refractivity contribution in [2.24, 2.45) is 5.92 Å². The molecule has 118 valence electrons. The quantitative estimate of drug-likeness (QED) is 0.669. The number of carbonyl (C=O) groups is 3. The van der Waals surface area contributed by atoms with E-state index in [4.69, 9.17) is 23.2 Å². The van der Waals surface area contributed by atoms with Gasteiger partial charge in [0.1, 0.15) is 4.33 Å². The van der Waals surface area contributed by atoms with Gasteiger partial charge in [0, 0.05) is 5.69 Å². The molecule has 0 radical (unpaired) electrons. The van der Waals surface area contributed by atoms with Crippen LogP contribution in [0.25, 0.3) is 0 Å². The summed E-state index contributed by atoms with van der Waals surface area (Å²) in [5.74, 6) is -2.20. The number of methoxy groups -OCH3 is 2. The Labute approximate surface area is 136 Å². The third-order valence-corrected chi connectivity index (χ3v) is 4.02. The van der Waals surface area contributed by atoms with Gasteiger partial charge in [-0.2, -0.15) is 0 Å². The van der Waals surface area contributed by atoms with E-state index in [1.807, 2.05) is 0 Å². The summed E-state index contributed by atoms with van der Waals surface area (Å²) in [5, 5.41) is 2.57. The molecular formula is C14H13Cl2NO5. The molecule has 22 heavy (non-hydrogen) atoms. The van der Waals surface area contributed by atoms with E-state index in [0.717, 1.165) is 0 Å². The van der Waals surface area contributed by atoms with E-state index in [0.29, 0.717) is 6.42 Å². The molecule has 0 bridgehead atoms. The van der Waals surface area contributed by atoms with Gasteiger partial charge in [-0.1, -0.05) is 0 Å². The molecule has 0 heterocycles. The lowest BCUT2D eigenvalue weighted by molar-refractivity contribution is -0.117. The van der Waals surface area contributed by atoms with Crippen LogP contribution in [0.3, 0.4) is 0 Å². The van der Waals surface area contributed by atoms with Gasteiger partial charge >= 0.3 is 11.9 Å². The van der Waals surface area contributed by atoms with Crippen molar-refractivity contribution in [3.05, 3.63) is 29.3 Å². The van der Waals surface area contributed by atoms with Crippen molar-refractivity contribution in [3.8, 4) is 0 Å². The van der Waals surface area contributed by atoms with Gasteiger partial charge in [0.05, 0.1) is 31.3 Å². The molecule has 0 aromatic heterocycles. The lowest BCUT2D eigenvalue weighted by Gasteiger charge is -2.09. The number of hydrogen-bond acceptors (Lipinski definition) is 5. The van der Waals surface area contributed by atoms with Gasteiger partial charge in [-0.25, -0.2) is 9.59 Å². The average molecular weight is 346 g/mol. The first-order valence-corrected chi connectivity index (χ1v) is 7.04. The van der Waals surface area contributed by atoms with E-state index in [9.17, 15) is 14.4 Å². The lowest BCUT2D eigenvalue weighted by Crippen LogP contribution is -2.18. The maximum absolute atomic E-state index is 12.0. The van der Waals surface area contributed by atoms with E-state index in [-0.39, 0.29) is 22.7 Å². The van der Waals surface area contributed by atoms with Crippen LogP contribution in [0.15, 0.2) is 18.2 Å². The molecule has 1 fully saturated rings. The van der Waals surface area contributed by atoms with Crippen LogP contribution in [0.4, 0.5) is 5.69 Å². The predicted octanol–water partition coefficient (Wildman–Crippen LogP) is 2.39. The lowest BCUT2D eigenvalue weighted by atomic mass is 10.1. The second-order valence-electron chi connectivity index (χ2n) is 4.79. The summed E-state index contributed by atoms with van der Waals surface area (Å²) in [4.78, 5) is 35.2. The molecule has 0 spiro atoms. The summed E-state index contributed by atoms with van der Waals surface area (Å²) in [6, 6.07) is 4.10. The highest BCUT2D eigenvalue weighted by Crippen LogP contribution is 2.53. The summed E-state index contributed by atoms with van der Waals surface area (Å²) < 4.78 is 8.16. The zero-order valence-electron chi connectivity index (χ0n) is 11.8. The molecule has 1 aromatic rings. The fourth-order valence-electron chi connectivity index (χ4n) is 1.90. The minimum atomic E-state index is -1.06. The summed E-state index contributed by atoms with van der Waals surface area (Å²) in [6.07, 6.45) is 0.350. The number of halogens is 2. The molecule has 1 aromatic carbocycles. The fourth-order valence-corrected chi connectivity index (χ4v) is 2.41. The number of ether oxygens (including phenoxy) is 2. The van der Waals surface area contributed by atoms with Crippen molar-refractivity contribution in [1.29, 1.82) is 0 Å². The molecule has 0 unspecified atom stereocenters. The molecule has 1 aliphatic carbocycles. The van der Waals surface area contributed by atoms with Crippen molar-refractivity contribution in [2.45, 2.75) is 10.8 Å². The number of hydrogen-bond donors (Lipinski definition) is 1. The normalized spacial score (nSPS) is 18.3. The van der Waals surface area contributed by atoms with Crippen LogP contribution in [0.1, 0.15) is 27.1 Å². The summed E-state index contributed by atoms with van der Waals surface area (Å²) in [5.41, 5.74) is 0.475. The number of esters is 2. The molecule has 6 nitrogen and oxygen atoms in total. The number of nitrogens with one attached hydrogen (secondary N) is 1. The Morgan fingerprint density at radius 2 is 1.55 bits per heavy atom. The van der Waals surface area contributed by atoms with Crippen molar-refractivity contribution >= 4 is 46.7 Å². The average Bonchev–Trinajstić information content (AvgIpc) is 3.14. The van der Waals surface area contributed by atoms with Gasteiger partial charge in [-0.15, -0.1) is 23.2 Å². The Balaban J connectivity index is 2.28.